The number of nitrogens with zero attached hydrogens (tertiary/aromatic N) is 2. The van der Waals surface area contributed by atoms with Crippen molar-refractivity contribution in [3.63, 3.8) is 0 Å². The van der Waals surface area contributed by atoms with Crippen LogP contribution in [0.4, 0.5) is 0 Å². The van der Waals surface area contributed by atoms with E-state index in [1.165, 1.54) is 13.3 Å². The van der Waals surface area contributed by atoms with Crippen molar-refractivity contribution in [1.82, 2.24) is 4.98 Å². The zero-order valence-electron chi connectivity index (χ0n) is 9.14. The first kappa shape index (κ1) is 10.4. The molecule has 0 saturated heterocycles. The smallest absolute Gasteiger partial charge is 0.222 e. The van der Waals surface area contributed by atoms with E-state index in [0.29, 0.717) is 11.4 Å². The number of hydrogen-bond acceptors (Lipinski definition) is 4. The molecule has 1 N–H and O–H groups in total. The summed E-state index contributed by atoms with van der Waals surface area (Å²) in [5, 5.41) is 12.5. The molecule has 4 heteroatoms. The van der Waals surface area contributed by atoms with Gasteiger partial charge in [0.1, 0.15) is 0 Å². The van der Waals surface area contributed by atoms with E-state index in [1.54, 1.807) is 0 Å². The molecule has 16 heavy (non-hydrogen) atoms. The van der Waals surface area contributed by atoms with Crippen LogP contribution in [-0.4, -0.2) is 23.5 Å². The van der Waals surface area contributed by atoms with E-state index < -0.39 is 0 Å². The lowest BCUT2D eigenvalue weighted by atomic mass is 10.1. The minimum absolute atomic E-state index is 0.453. The second kappa shape index (κ2) is 4.18. The molecule has 0 fully saturated rings. The van der Waals surface area contributed by atoms with Gasteiger partial charge in [0, 0.05) is 5.39 Å². The zero-order valence-corrected chi connectivity index (χ0v) is 9.14. The van der Waals surface area contributed by atoms with Crippen molar-refractivity contribution >= 4 is 17.1 Å². The van der Waals surface area contributed by atoms with Gasteiger partial charge in [0.05, 0.1) is 24.4 Å². The SMILES string of the molecule is COc1nc2ccc(C)cc2cc1/C=N/O. The van der Waals surface area contributed by atoms with Crippen LogP contribution in [0.5, 0.6) is 5.88 Å². The first-order valence-corrected chi connectivity index (χ1v) is 4.87. The predicted octanol–water partition coefficient (Wildman–Crippen LogP) is 2.36. The van der Waals surface area contributed by atoms with E-state index in [4.69, 9.17) is 9.94 Å². The van der Waals surface area contributed by atoms with Crippen LogP contribution in [-0.2, 0) is 0 Å². The van der Waals surface area contributed by atoms with Crippen LogP contribution in [0, 0.1) is 6.92 Å². The summed E-state index contributed by atoms with van der Waals surface area (Å²) < 4.78 is 5.12. The van der Waals surface area contributed by atoms with Gasteiger partial charge in [0.25, 0.3) is 0 Å². The van der Waals surface area contributed by atoms with Crippen LogP contribution in [0.1, 0.15) is 11.1 Å². The Morgan fingerprint density at radius 2 is 2.19 bits per heavy atom. The average molecular weight is 216 g/mol. The normalized spacial score (nSPS) is 11.1. The molecule has 0 aliphatic heterocycles. The molecule has 0 aliphatic carbocycles. The highest BCUT2D eigenvalue weighted by Gasteiger charge is 2.05. The van der Waals surface area contributed by atoms with Crippen LogP contribution >= 0.6 is 0 Å². The molecule has 0 unspecified atom stereocenters. The van der Waals surface area contributed by atoms with Crippen molar-refractivity contribution in [2.45, 2.75) is 6.92 Å². The molecule has 1 aromatic carbocycles. The van der Waals surface area contributed by atoms with Crippen molar-refractivity contribution in [3.8, 4) is 5.88 Å². The molecule has 0 radical (unpaired) electrons. The third-order valence-corrected chi connectivity index (χ3v) is 2.35. The predicted molar refractivity (Wildman–Crippen MR) is 62.4 cm³/mol. The molecular formula is C12H12N2O2. The average Bonchev–Trinajstić information content (AvgIpc) is 2.28. The standard InChI is InChI=1S/C12H12N2O2/c1-8-3-4-11-9(5-8)6-10(7-13-15)12(14-11)16-2/h3-7,15H,1-2H3/b13-7+. The Morgan fingerprint density at radius 3 is 2.88 bits per heavy atom. The van der Waals surface area contributed by atoms with Crippen LogP contribution in [0.25, 0.3) is 10.9 Å². The number of ether oxygens (including phenoxy) is 1. The maximum absolute atomic E-state index is 8.55. The number of aromatic nitrogens is 1. The number of methoxy groups -OCH3 is 1. The van der Waals surface area contributed by atoms with Crippen molar-refractivity contribution < 1.29 is 9.94 Å². The van der Waals surface area contributed by atoms with E-state index in [0.717, 1.165) is 16.5 Å². The highest BCUT2D eigenvalue weighted by atomic mass is 16.5. The fourth-order valence-electron chi connectivity index (χ4n) is 1.61. The third kappa shape index (κ3) is 1.82. The number of oxime groups is 1. The molecule has 1 heterocycles. The van der Waals surface area contributed by atoms with Crippen LogP contribution < -0.4 is 4.74 Å². The number of rotatable bonds is 2. The highest BCUT2D eigenvalue weighted by Crippen LogP contribution is 2.21. The number of fused-ring (bicyclic) bond motifs is 1. The second-order valence-corrected chi connectivity index (χ2v) is 3.53. The van der Waals surface area contributed by atoms with Crippen LogP contribution in [0.3, 0.4) is 0 Å². The first-order chi connectivity index (χ1) is 7.74. The minimum Gasteiger partial charge on any atom is -0.481 e. The number of aryl methyl sites for hydroxylation is 1. The van der Waals surface area contributed by atoms with Crippen molar-refractivity contribution in [2.75, 3.05) is 7.11 Å². The monoisotopic (exact) mass is 216 g/mol. The fraction of sp³-hybridized carbons (Fsp3) is 0.167. The maximum atomic E-state index is 8.55. The van der Waals surface area contributed by atoms with E-state index in [2.05, 4.69) is 10.1 Å². The summed E-state index contributed by atoms with van der Waals surface area (Å²) in [6.07, 6.45) is 1.31. The van der Waals surface area contributed by atoms with Gasteiger partial charge in [0.2, 0.25) is 5.88 Å². The summed E-state index contributed by atoms with van der Waals surface area (Å²) in [7, 11) is 1.54. The van der Waals surface area contributed by atoms with Crippen LogP contribution in [0.2, 0.25) is 0 Å². The van der Waals surface area contributed by atoms with Gasteiger partial charge in [-0.05, 0) is 25.1 Å². The quantitative estimate of drug-likeness (QED) is 0.476. The summed E-state index contributed by atoms with van der Waals surface area (Å²) in [4.78, 5) is 4.33. The van der Waals surface area contributed by atoms with Gasteiger partial charge < -0.3 is 9.94 Å². The van der Waals surface area contributed by atoms with E-state index >= 15 is 0 Å². The topological polar surface area (TPSA) is 54.7 Å². The number of hydrogen-bond donors (Lipinski definition) is 1. The van der Waals surface area contributed by atoms with Crippen molar-refractivity contribution in [2.24, 2.45) is 5.16 Å². The molecule has 0 saturated carbocycles. The Balaban J connectivity index is 2.70. The second-order valence-electron chi connectivity index (χ2n) is 3.53. The van der Waals surface area contributed by atoms with Gasteiger partial charge in [0.15, 0.2) is 0 Å². The molecule has 0 atom stereocenters. The fourth-order valence-corrected chi connectivity index (χ4v) is 1.61. The Morgan fingerprint density at radius 1 is 1.38 bits per heavy atom. The Bertz CT molecular complexity index is 550. The Labute approximate surface area is 93.2 Å². The number of benzene rings is 1. The summed E-state index contributed by atoms with van der Waals surface area (Å²) in [6.45, 7) is 2.02. The van der Waals surface area contributed by atoms with E-state index in [9.17, 15) is 0 Å². The summed E-state index contributed by atoms with van der Waals surface area (Å²) in [5.74, 6) is 0.453. The highest BCUT2D eigenvalue weighted by molar-refractivity contribution is 5.90. The Kier molecular flexibility index (Phi) is 2.72. The molecule has 1 aromatic heterocycles. The molecule has 2 rings (SSSR count). The molecule has 2 aromatic rings. The van der Waals surface area contributed by atoms with E-state index in [-0.39, 0.29) is 0 Å². The first-order valence-electron chi connectivity index (χ1n) is 4.87. The molecule has 82 valence electrons. The maximum Gasteiger partial charge on any atom is 0.222 e. The van der Waals surface area contributed by atoms with Gasteiger partial charge in [-0.15, -0.1) is 0 Å². The van der Waals surface area contributed by atoms with E-state index in [1.807, 2.05) is 31.2 Å². The summed E-state index contributed by atoms with van der Waals surface area (Å²) in [6, 6.07) is 7.84. The molecule has 0 aliphatic rings. The third-order valence-electron chi connectivity index (χ3n) is 2.35. The Hall–Kier alpha value is -2.10. The van der Waals surface area contributed by atoms with Crippen molar-refractivity contribution in [1.29, 1.82) is 0 Å². The van der Waals surface area contributed by atoms with Crippen molar-refractivity contribution in [3.05, 3.63) is 35.4 Å². The molecular weight excluding hydrogens is 204 g/mol. The molecule has 0 amide bonds. The van der Waals surface area contributed by atoms with Gasteiger partial charge in [-0.2, -0.15) is 0 Å². The number of pyridine rings is 1. The minimum atomic E-state index is 0.453. The summed E-state index contributed by atoms with van der Waals surface area (Å²) in [5.41, 5.74) is 2.67. The molecule has 0 spiro atoms. The zero-order chi connectivity index (χ0) is 11.5. The molecule has 4 nitrogen and oxygen atoms in total. The van der Waals surface area contributed by atoms with Gasteiger partial charge in [-0.3, -0.25) is 0 Å². The van der Waals surface area contributed by atoms with Gasteiger partial charge in [-0.1, -0.05) is 16.8 Å². The summed E-state index contributed by atoms with van der Waals surface area (Å²) >= 11 is 0. The van der Waals surface area contributed by atoms with Crippen LogP contribution in [0.15, 0.2) is 29.4 Å². The van der Waals surface area contributed by atoms with Gasteiger partial charge >= 0.3 is 0 Å². The largest absolute Gasteiger partial charge is 0.481 e. The molecule has 0 bridgehead atoms. The lowest BCUT2D eigenvalue weighted by Gasteiger charge is -2.05. The lowest BCUT2D eigenvalue weighted by molar-refractivity contribution is 0.321. The van der Waals surface area contributed by atoms with Gasteiger partial charge in [-0.25, -0.2) is 4.98 Å². The lowest BCUT2D eigenvalue weighted by Crippen LogP contribution is -1.95.